The molecular weight excluding hydrogens is 260 g/mol. The van der Waals surface area contributed by atoms with E-state index in [-0.39, 0.29) is 0 Å². The number of nitrogens with one attached hydrogen (secondary N) is 1. The molecule has 3 N–H and O–H groups in total. The number of nitrogen functional groups attached to an aromatic ring is 1. The summed E-state index contributed by atoms with van der Waals surface area (Å²) in [5.74, 6) is 0.677. The number of benzene rings is 2. The molecule has 3 nitrogen and oxygen atoms in total. The van der Waals surface area contributed by atoms with Crippen LogP contribution < -0.4 is 15.8 Å². The van der Waals surface area contributed by atoms with Gasteiger partial charge >= 0.3 is 0 Å². The highest BCUT2D eigenvalue weighted by molar-refractivity contribution is 6.33. The average Bonchev–Trinajstić information content (AvgIpc) is 2.37. The molecule has 19 heavy (non-hydrogen) atoms. The van der Waals surface area contributed by atoms with E-state index in [4.69, 9.17) is 22.1 Å². The van der Waals surface area contributed by atoms with Crippen LogP contribution in [0.3, 0.4) is 0 Å². The molecule has 0 aliphatic heterocycles. The lowest BCUT2D eigenvalue weighted by Crippen LogP contribution is -1.98. The smallest absolute Gasteiger partial charge is 0.144 e. The van der Waals surface area contributed by atoms with Crippen molar-refractivity contribution in [2.75, 3.05) is 17.7 Å². The maximum absolute atomic E-state index is 6.19. The fourth-order valence-electron chi connectivity index (χ4n) is 1.77. The van der Waals surface area contributed by atoms with Crippen molar-refractivity contribution in [3.8, 4) is 5.75 Å². The molecule has 0 atom stereocenters. The highest BCUT2D eigenvalue weighted by Crippen LogP contribution is 2.30. The Balaban J connectivity index is 2.25. The van der Waals surface area contributed by atoms with E-state index in [0.717, 1.165) is 16.9 Å². The second-order valence-electron chi connectivity index (χ2n) is 4.29. The second-order valence-corrected chi connectivity index (χ2v) is 4.70. The standard InChI is InChI=1S/C15H17ClN2O/c1-3-19-15-9-11(5-6-13(15)17)18-14-7-4-10(2)8-12(14)16/h4-9,18H,3,17H2,1-2H3. The molecule has 2 aromatic rings. The predicted molar refractivity (Wildman–Crippen MR) is 81.5 cm³/mol. The van der Waals surface area contributed by atoms with Gasteiger partial charge in [-0.05, 0) is 43.7 Å². The number of hydrogen-bond acceptors (Lipinski definition) is 3. The molecule has 0 amide bonds. The van der Waals surface area contributed by atoms with Crippen LogP contribution in [-0.2, 0) is 0 Å². The normalized spacial score (nSPS) is 10.3. The number of rotatable bonds is 4. The van der Waals surface area contributed by atoms with E-state index in [1.807, 2.05) is 50.2 Å². The van der Waals surface area contributed by atoms with Crippen molar-refractivity contribution < 1.29 is 4.74 Å². The monoisotopic (exact) mass is 276 g/mol. The van der Waals surface area contributed by atoms with Crippen molar-refractivity contribution in [3.63, 3.8) is 0 Å². The zero-order chi connectivity index (χ0) is 13.8. The first-order chi connectivity index (χ1) is 9.10. The number of nitrogens with two attached hydrogens (primary N) is 1. The van der Waals surface area contributed by atoms with Crippen LogP contribution >= 0.6 is 11.6 Å². The Bertz CT molecular complexity index is 584. The van der Waals surface area contributed by atoms with E-state index >= 15 is 0 Å². The minimum Gasteiger partial charge on any atom is -0.492 e. The Morgan fingerprint density at radius 1 is 1.21 bits per heavy atom. The molecule has 0 spiro atoms. The number of anilines is 3. The fourth-order valence-corrected chi connectivity index (χ4v) is 2.05. The first-order valence-electron chi connectivity index (χ1n) is 6.15. The van der Waals surface area contributed by atoms with Crippen molar-refractivity contribution >= 4 is 28.7 Å². The summed E-state index contributed by atoms with van der Waals surface area (Å²) in [6.07, 6.45) is 0. The van der Waals surface area contributed by atoms with Crippen LogP contribution in [0.2, 0.25) is 5.02 Å². The molecule has 0 heterocycles. The quantitative estimate of drug-likeness (QED) is 0.815. The lowest BCUT2D eigenvalue weighted by Gasteiger charge is -2.12. The van der Waals surface area contributed by atoms with Gasteiger partial charge in [0.05, 0.1) is 23.0 Å². The van der Waals surface area contributed by atoms with Gasteiger partial charge in [0.15, 0.2) is 0 Å². The molecule has 0 fully saturated rings. The summed E-state index contributed by atoms with van der Waals surface area (Å²) in [6, 6.07) is 11.5. The Labute approximate surface area is 118 Å². The van der Waals surface area contributed by atoms with E-state index in [1.54, 1.807) is 0 Å². The second kappa shape index (κ2) is 5.85. The minimum absolute atomic E-state index is 0.582. The highest BCUT2D eigenvalue weighted by atomic mass is 35.5. The molecule has 0 bridgehead atoms. The number of hydrogen-bond donors (Lipinski definition) is 2. The SMILES string of the molecule is CCOc1cc(Nc2ccc(C)cc2Cl)ccc1N. The number of ether oxygens (including phenoxy) is 1. The van der Waals surface area contributed by atoms with Crippen LogP contribution in [0.25, 0.3) is 0 Å². The van der Waals surface area contributed by atoms with Gasteiger partial charge in [-0.25, -0.2) is 0 Å². The van der Waals surface area contributed by atoms with Gasteiger partial charge in [0.2, 0.25) is 0 Å². The zero-order valence-corrected chi connectivity index (χ0v) is 11.8. The van der Waals surface area contributed by atoms with Gasteiger partial charge in [-0.3, -0.25) is 0 Å². The average molecular weight is 277 g/mol. The van der Waals surface area contributed by atoms with Crippen LogP contribution in [-0.4, -0.2) is 6.61 Å². The van der Waals surface area contributed by atoms with Crippen LogP contribution in [0.4, 0.5) is 17.1 Å². The fraction of sp³-hybridized carbons (Fsp3) is 0.200. The first kappa shape index (κ1) is 13.6. The zero-order valence-electron chi connectivity index (χ0n) is 11.0. The molecule has 0 aromatic heterocycles. The van der Waals surface area contributed by atoms with E-state index in [9.17, 15) is 0 Å². The summed E-state index contributed by atoms with van der Waals surface area (Å²) in [5.41, 5.74) is 9.35. The summed E-state index contributed by atoms with van der Waals surface area (Å²) in [6.45, 7) is 4.52. The van der Waals surface area contributed by atoms with Crippen molar-refractivity contribution in [2.45, 2.75) is 13.8 Å². The van der Waals surface area contributed by atoms with Crippen molar-refractivity contribution in [3.05, 3.63) is 47.0 Å². The van der Waals surface area contributed by atoms with Crippen molar-refractivity contribution in [1.29, 1.82) is 0 Å². The molecule has 0 radical (unpaired) electrons. The molecule has 0 aliphatic rings. The minimum atomic E-state index is 0.582. The molecule has 100 valence electrons. The molecule has 2 rings (SSSR count). The van der Waals surface area contributed by atoms with Crippen LogP contribution in [0.5, 0.6) is 5.75 Å². The maximum Gasteiger partial charge on any atom is 0.144 e. The Morgan fingerprint density at radius 2 is 2.00 bits per heavy atom. The summed E-state index contributed by atoms with van der Waals surface area (Å²) < 4.78 is 5.47. The Hall–Kier alpha value is -1.87. The van der Waals surface area contributed by atoms with Gasteiger partial charge in [0.1, 0.15) is 5.75 Å². The largest absolute Gasteiger partial charge is 0.492 e. The topological polar surface area (TPSA) is 47.3 Å². The van der Waals surface area contributed by atoms with Crippen molar-refractivity contribution in [1.82, 2.24) is 0 Å². The van der Waals surface area contributed by atoms with Gasteiger partial charge in [-0.1, -0.05) is 17.7 Å². The van der Waals surface area contributed by atoms with Gasteiger partial charge in [-0.15, -0.1) is 0 Å². The van der Waals surface area contributed by atoms with Gasteiger partial charge in [0, 0.05) is 11.8 Å². The molecule has 2 aromatic carbocycles. The third-order valence-electron chi connectivity index (χ3n) is 2.72. The molecule has 0 saturated carbocycles. The van der Waals surface area contributed by atoms with Crippen LogP contribution in [0.1, 0.15) is 12.5 Å². The van der Waals surface area contributed by atoms with E-state index in [1.165, 1.54) is 0 Å². The Kier molecular flexibility index (Phi) is 4.17. The van der Waals surface area contributed by atoms with Gasteiger partial charge in [-0.2, -0.15) is 0 Å². The number of aryl methyl sites for hydroxylation is 1. The summed E-state index contributed by atoms with van der Waals surface area (Å²) >= 11 is 6.19. The predicted octanol–water partition coefficient (Wildman–Crippen LogP) is 4.37. The Morgan fingerprint density at radius 3 is 2.68 bits per heavy atom. The maximum atomic E-state index is 6.19. The molecular formula is C15H17ClN2O. The van der Waals surface area contributed by atoms with Crippen molar-refractivity contribution in [2.24, 2.45) is 0 Å². The molecule has 4 heteroatoms. The van der Waals surface area contributed by atoms with E-state index in [0.29, 0.717) is 23.1 Å². The number of halogens is 1. The summed E-state index contributed by atoms with van der Waals surface area (Å²) in [4.78, 5) is 0. The lowest BCUT2D eigenvalue weighted by molar-refractivity contribution is 0.342. The summed E-state index contributed by atoms with van der Waals surface area (Å²) in [7, 11) is 0. The van der Waals surface area contributed by atoms with Gasteiger partial charge in [0.25, 0.3) is 0 Å². The first-order valence-corrected chi connectivity index (χ1v) is 6.53. The third-order valence-corrected chi connectivity index (χ3v) is 3.03. The van der Waals surface area contributed by atoms with Crippen LogP contribution in [0, 0.1) is 6.92 Å². The van der Waals surface area contributed by atoms with Gasteiger partial charge < -0.3 is 15.8 Å². The lowest BCUT2D eigenvalue weighted by atomic mass is 10.2. The van der Waals surface area contributed by atoms with E-state index in [2.05, 4.69) is 5.32 Å². The summed E-state index contributed by atoms with van der Waals surface area (Å²) in [5, 5.41) is 3.95. The molecule has 0 unspecified atom stereocenters. The molecule has 0 aliphatic carbocycles. The third kappa shape index (κ3) is 3.32. The highest BCUT2D eigenvalue weighted by Gasteiger charge is 2.04. The van der Waals surface area contributed by atoms with Crippen LogP contribution in [0.15, 0.2) is 36.4 Å². The molecule has 0 saturated heterocycles. The van der Waals surface area contributed by atoms with E-state index < -0.39 is 0 Å².